The number of Topliss-reactive ketones (excluding diaryl/α,β-unsaturated/α-hetero) is 1. The van der Waals surface area contributed by atoms with Gasteiger partial charge in [0.2, 0.25) is 0 Å². The van der Waals surface area contributed by atoms with Gasteiger partial charge in [0.05, 0.1) is 6.10 Å². The SMILES string of the molecule is COC1CC2CC(=O)C1C2. The molecule has 0 aromatic rings. The summed E-state index contributed by atoms with van der Waals surface area (Å²) >= 11 is 0. The van der Waals surface area contributed by atoms with Crippen LogP contribution in [0.2, 0.25) is 0 Å². The molecule has 0 heterocycles. The first kappa shape index (κ1) is 6.35. The number of hydrogen-bond acceptors (Lipinski definition) is 2. The first-order chi connectivity index (χ1) is 4.81. The Labute approximate surface area is 60.6 Å². The molecule has 2 fully saturated rings. The number of hydrogen-bond donors (Lipinski definition) is 0. The van der Waals surface area contributed by atoms with E-state index in [2.05, 4.69) is 0 Å². The minimum atomic E-state index is 0.256. The molecular weight excluding hydrogens is 128 g/mol. The van der Waals surface area contributed by atoms with Crippen LogP contribution in [-0.2, 0) is 9.53 Å². The third-order valence-corrected chi connectivity index (χ3v) is 2.81. The van der Waals surface area contributed by atoms with Gasteiger partial charge in [-0.3, -0.25) is 4.79 Å². The van der Waals surface area contributed by atoms with E-state index in [4.69, 9.17) is 4.74 Å². The molecule has 0 aromatic carbocycles. The Morgan fingerprint density at radius 2 is 2.30 bits per heavy atom. The average Bonchev–Trinajstić information content (AvgIpc) is 2.44. The highest BCUT2D eigenvalue weighted by molar-refractivity contribution is 5.85. The predicted molar refractivity (Wildman–Crippen MR) is 36.6 cm³/mol. The molecule has 2 nitrogen and oxygen atoms in total. The number of carbonyl (C=O) groups excluding carboxylic acids is 1. The number of fused-ring (bicyclic) bond motifs is 2. The lowest BCUT2D eigenvalue weighted by Gasteiger charge is -2.18. The zero-order chi connectivity index (χ0) is 7.14. The van der Waals surface area contributed by atoms with Crippen molar-refractivity contribution in [2.24, 2.45) is 11.8 Å². The van der Waals surface area contributed by atoms with Crippen LogP contribution in [-0.4, -0.2) is 19.0 Å². The number of ketones is 1. The Hall–Kier alpha value is -0.370. The lowest BCUT2D eigenvalue weighted by Crippen LogP contribution is -2.25. The van der Waals surface area contributed by atoms with Crippen molar-refractivity contribution >= 4 is 5.78 Å². The Balaban J connectivity index is 2.12. The van der Waals surface area contributed by atoms with Gasteiger partial charge in [-0.05, 0) is 18.8 Å². The fourth-order valence-electron chi connectivity index (χ4n) is 2.30. The van der Waals surface area contributed by atoms with Crippen molar-refractivity contribution in [2.75, 3.05) is 7.11 Å². The summed E-state index contributed by atoms with van der Waals surface area (Å²) < 4.78 is 5.19. The van der Waals surface area contributed by atoms with Gasteiger partial charge in [0, 0.05) is 19.4 Å². The van der Waals surface area contributed by atoms with Crippen LogP contribution in [0.3, 0.4) is 0 Å². The number of methoxy groups -OCH3 is 1. The molecule has 0 aromatic heterocycles. The first-order valence-electron chi connectivity index (χ1n) is 3.86. The van der Waals surface area contributed by atoms with Crippen molar-refractivity contribution in [1.29, 1.82) is 0 Å². The van der Waals surface area contributed by atoms with Gasteiger partial charge in [-0.15, -0.1) is 0 Å². The lowest BCUT2D eigenvalue weighted by molar-refractivity contribution is -0.126. The van der Waals surface area contributed by atoms with Crippen molar-refractivity contribution < 1.29 is 9.53 Å². The molecule has 0 N–H and O–H groups in total. The van der Waals surface area contributed by atoms with Gasteiger partial charge in [-0.25, -0.2) is 0 Å². The third kappa shape index (κ3) is 0.717. The summed E-state index contributed by atoms with van der Waals surface area (Å²) in [5.74, 6) is 1.35. The molecule has 0 amide bonds. The van der Waals surface area contributed by atoms with Crippen molar-refractivity contribution in [3.8, 4) is 0 Å². The van der Waals surface area contributed by atoms with Gasteiger partial charge < -0.3 is 4.74 Å². The van der Waals surface area contributed by atoms with Crippen LogP contribution in [0.15, 0.2) is 0 Å². The van der Waals surface area contributed by atoms with Crippen LogP contribution in [0.5, 0.6) is 0 Å². The van der Waals surface area contributed by atoms with E-state index < -0.39 is 0 Å². The molecule has 10 heavy (non-hydrogen) atoms. The maximum atomic E-state index is 11.1. The topological polar surface area (TPSA) is 26.3 Å². The summed E-state index contributed by atoms with van der Waals surface area (Å²) in [6, 6.07) is 0. The Morgan fingerprint density at radius 1 is 1.50 bits per heavy atom. The summed E-state index contributed by atoms with van der Waals surface area (Å²) in [5, 5.41) is 0. The molecule has 0 aliphatic heterocycles. The standard InChI is InChI=1S/C8H12O2/c1-10-8-4-5-2-6(8)7(9)3-5/h5-6,8H,2-4H2,1H3. The van der Waals surface area contributed by atoms with E-state index in [0.29, 0.717) is 11.7 Å². The van der Waals surface area contributed by atoms with Crippen LogP contribution in [0, 0.1) is 11.8 Å². The normalized spacial score (nSPS) is 44.9. The minimum absolute atomic E-state index is 0.256. The van der Waals surface area contributed by atoms with Crippen LogP contribution >= 0.6 is 0 Å². The molecule has 0 saturated heterocycles. The quantitative estimate of drug-likeness (QED) is 0.543. The fraction of sp³-hybridized carbons (Fsp3) is 0.875. The van der Waals surface area contributed by atoms with Gasteiger partial charge in [0.1, 0.15) is 5.78 Å². The molecule has 0 spiro atoms. The van der Waals surface area contributed by atoms with Crippen LogP contribution < -0.4 is 0 Å². The van der Waals surface area contributed by atoms with E-state index in [9.17, 15) is 4.79 Å². The van der Waals surface area contributed by atoms with Gasteiger partial charge in [0.25, 0.3) is 0 Å². The summed E-state index contributed by atoms with van der Waals surface area (Å²) in [4.78, 5) is 11.1. The number of rotatable bonds is 1. The second-order valence-corrected chi connectivity index (χ2v) is 3.39. The summed E-state index contributed by atoms with van der Waals surface area (Å²) in [6.45, 7) is 0. The summed E-state index contributed by atoms with van der Waals surface area (Å²) in [5.41, 5.74) is 0. The van der Waals surface area contributed by atoms with Crippen molar-refractivity contribution in [2.45, 2.75) is 25.4 Å². The van der Waals surface area contributed by atoms with Crippen molar-refractivity contribution in [3.63, 3.8) is 0 Å². The van der Waals surface area contributed by atoms with Crippen LogP contribution in [0.1, 0.15) is 19.3 Å². The Morgan fingerprint density at radius 3 is 2.70 bits per heavy atom. The highest BCUT2D eigenvalue weighted by Gasteiger charge is 2.45. The van der Waals surface area contributed by atoms with Gasteiger partial charge >= 0.3 is 0 Å². The Kier molecular flexibility index (Phi) is 1.31. The molecule has 2 aliphatic rings. The molecule has 2 heteroatoms. The highest BCUT2D eigenvalue weighted by atomic mass is 16.5. The van der Waals surface area contributed by atoms with Gasteiger partial charge in [0.15, 0.2) is 0 Å². The first-order valence-corrected chi connectivity index (χ1v) is 3.86. The summed E-state index contributed by atoms with van der Waals surface area (Å²) in [7, 11) is 1.71. The molecular formula is C8H12O2. The second kappa shape index (κ2) is 2.06. The molecule has 2 saturated carbocycles. The largest absolute Gasteiger partial charge is 0.381 e. The van der Waals surface area contributed by atoms with E-state index >= 15 is 0 Å². The monoisotopic (exact) mass is 140 g/mol. The molecule has 0 radical (unpaired) electrons. The zero-order valence-corrected chi connectivity index (χ0v) is 6.17. The lowest BCUT2D eigenvalue weighted by atomic mass is 9.96. The second-order valence-electron chi connectivity index (χ2n) is 3.39. The smallest absolute Gasteiger partial charge is 0.138 e. The van der Waals surface area contributed by atoms with E-state index in [1.165, 1.54) is 0 Å². The highest BCUT2D eigenvalue weighted by Crippen LogP contribution is 2.43. The maximum absolute atomic E-state index is 11.1. The maximum Gasteiger partial charge on any atom is 0.138 e. The third-order valence-electron chi connectivity index (χ3n) is 2.81. The van der Waals surface area contributed by atoms with Crippen LogP contribution in [0.4, 0.5) is 0 Å². The van der Waals surface area contributed by atoms with Crippen molar-refractivity contribution in [3.05, 3.63) is 0 Å². The van der Waals surface area contributed by atoms with Crippen LogP contribution in [0.25, 0.3) is 0 Å². The van der Waals surface area contributed by atoms with E-state index in [0.717, 1.165) is 19.3 Å². The van der Waals surface area contributed by atoms with E-state index in [-0.39, 0.29) is 12.0 Å². The number of ether oxygens (including phenoxy) is 1. The van der Waals surface area contributed by atoms with Gasteiger partial charge in [-0.2, -0.15) is 0 Å². The molecule has 3 unspecified atom stereocenters. The fourth-order valence-corrected chi connectivity index (χ4v) is 2.30. The Bertz CT molecular complexity index is 165. The van der Waals surface area contributed by atoms with E-state index in [1.807, 2.05) is 0 Å². The molecule has 3 atom stereocenters. The number of carbonyl (C=O) groups is 1. The molecule has 2 aliphatic carbocycles. The summed E-state index contributed by atoms with van der Waals surface area (Å²) in [6.07, 6.45) is 3.29. The minimum Gasteiger partial charge on any atom is -0.381 e. The zero-order valence-electron chi connectivity index (χ0n) is 6.17. The van der Waals surface area contributed by atoms with Gasteiger partial charge in [-0.1, -0.05) is 0 Å². The molecule has 2 bridgehead atoms. The molecule has 56 valence electrons. The molecule has 2 rings (SSSR count). The van der Waals surface area contributed by atoms with E-state index in [1.54, 1.807) is 7.11 Å². The average molecular weight is 140 g/mol. The predicted octanol–water partition coefficient (Wildman–Crippen LogP) is 1.00. The van der Waals surface area contributed by atoms with Crippen molar-refractivity contribution in [1.82, 2.24) is 0 Å².